The summed E-state index contributed by atoms with van der Waals surface area (Å²) in [5, 5.41) is 18.2. The van der Waals surface area contributed by atoms with Gasteiger partial charge in [-0.1, -0.05) is 0 Å². The Morgan fingerprint density at radius 3 is 2.40 bits per heavy atom. The van der Waals surface area contributed by atoms with Gasteiger partial charge in [-0.2, -0.15) is 0 Å². The van der Waals surface area contributed by atoms with E-state index in [4.69, 9.17) is 5.11 Å². The Morgan fingerprint density at radius 2 is 1.90 bits per heavy atom. The van der Waals surface area contributed by atoms with E-state index in [1.807, 2.05) is 0 Å². The Kier molecular flexibility index (Phi) is 4.09. The minimum Gasteiger partial charge on any atom is -0.508 e. The number of amides is 1. The Morgan fingerprint density at radius 1 is 1.25 bits per heavy atom. The third-order valence-corrected chi connectivity index (χ3v) is 3.04. The van der Waals surface area contributed by atoms with Crippen LogP contribution in [0.1, 0.15) is 10.5 Å². The molecule has 2 aromatic rings. The van der Waals surface area contributed by atoms with Crippen molar-refractivity contribution >= 4 is 33.5 Å². The molecule has 0 saturated heterocycles. The van der Waals surface area contributed by atoms with Gasteiger partial charge in [0.15, 0.2) is 0 Å². The average molecular weight is 339 g/mol. The molecule has 7 heteroatoms. The Bertz CT molecular complexity index is 636. The summed E-state index contributed by atoms with van der Waals surface area (Å²) in [5.41, 5.74) is 0.659. The number of aromatic amines is 1. The van der Waals surface area contributed by atoms with Gasteiger partial charge in [-0.05, 0) is 46.3 Å². The van der Waals surface area contributed by atoms with Crippen molar-refractivity contribution in [3.05, 3.63) is 46.7 Å². The smallest absolute Gasteiger partial charge is 0.323 e. The second-order valence-electron chi connectivity index (χ2n) is 4.03. The lowest BCUT2D eigenvalue weighted by atomic mass is 10.2. The van der Waals surface area contributed by atoms with E-state index in [0.717, 1.165) is 4.90 Å². The molecule has 0 bridgehead atoms. The molecule has 0 fully saturated rings. The van der Waals surface area contributed by atoms with Gasteiger partial charge in [0.1, 0.15) is 18.0 Å². The largest absolute Gasteiger partial charge is 0.508 e. The van der Waals surface area contributed by atoms with E-state index >= 15 is 0 Å². The highest BCUT2D eigenvalue weighted by molar-refractivity contribution is 9.10. The number of rotatable bonds is 4. The van der Waals surface area contributed by atoms with Crippen LogP contribution >= 0.6 is 15.9 Å². The summed E-state index contributed by atoms with van der Waals surface area (Å²) in [6, 6.07) is 7.31. The number of carboxylic acids is 1. The fraction of sp³-hybridized carbons (Fsp3) is 0.0769. The van der Waals surface area contributed by atoms with Crippen LogP contribution in [0, 0.1) is 0 Å². The molecule has 1 aromatic carbocycles. The van der Waals surface area contributed by atoms with Crippen molar-refractivity contribution in [1.82, 2.24) is 4.98 Å². The number of benzene rings is 1. The van der Waals surface area contributed by atoms with Crippen LogP contribution in [0.3, 0.4) is 0 Å². The van der Waals surface area contributed by atoms with Gasteiger partial charge in [0.25, 0.3) is 5.91 Å². The Labute approximate surface area is 122 Å². The molecule has 1 aromatic heterocycles. The molecule has 3 N–H and O–H groups in total. The predicted molar refractivity (Wildman–Crippen MR) is 75.9 cm³/mol. The van der Waals surface area contributed by atoms with Crippen molar-refractivity contribution in [1.29, 1.82) is 0 Å². The number of aliphatic carboxylic acids is 1. The van der Waals surface area contributed by atoms with Crippen LogP contribution in [0.5, 0.6) is 5.75 Å². The van der Waals surface area contributed by atoms with E-state index in [1.54, 1.807) is 12.3 Å². The van der Waals surface area contributed by atoms with E-state index in [0.29, 0.717) is 10.2 Å². The number of aromatic nitrogens is 1. The average Bonchev–Trinajstić information content (AvgIpc) is 2.83. The fourth-order valence-electron chi connectivity index (χ4n) is 1.68. The fourth-order valence-corrected chi connectivity index (χ4v) is 2.03. The molecule has 104 valence electrons. The van der Waals surface area contributed by atoms with Gasteiger partial charge in [-0.15, -0.1) is 0 Å². The number of carbonyl (C=O) groups is 2. The molecule has 6 nitrogen and oxygen atoms in total. The van der Waals surface area contributed by atoms with Crippen molar-refractivity contribution < 1.29 is 19.8 Å². The van der Waals surface area contributed by atoms with Gasteiger partial charge in [0, 0.05) is 16.4 Å². The van der Waals surface area contributed by atoms with Crippen molar-refractivity contribution in [2.24, 2.45) is 0 Å². The molecule has 1 heterocycles. The first kappa shape index (κ1) is 14.1. The number of carbonyl (C=O) groups excluding carboxylic acids is 1. The van der Waals surface area contributed by atoms with Gasteiger partial charge in [-0.25, -0.2) is 0 Å². The monoisotopic (exact) mass is 338 g/mol. The minimum atomic E-state index is -1.13. The molecule has 20 heavy (non-hydrogen) atoms. The number of hydrogen-bond donors (Lipinski definition) is 3. The third-order valence-electron chi connectivity index (χ3n) is 2.58. The van der Waals surface area contributed by atoms with Gasteiger partial charge in [0.2, 0.25) is 0 Å². The van der Waals surface area contributed by atoms with E-state index in [9.17, 15) is 14.7 Å². The summed E-state index contributed by atoms with van der Waals surface area (Å²) in [6.45, 7) is -0.472. The zero-order valence-electron chi connectivity index (χ0n) is 10.2. The second-order valence-corrected chi connectivity index (χ2v) is 4.95. The first-order chi connectivity index (χ1) is 9.47. The molecule has 0 radical (unpaired) electrons. The van der Waals surface area contributed by atoms with E-state index in [-0.39, 0.29) is 11.4 Å². The predicted octanol–water partition coefficient (Wildman–Crippen LogP) is 2.21. The summed E-state index contributed by atoms with van der Waals surface area (Å²) in [7, 11) is 0. The van der Waals surface area contributed by atoms with Crippen LogP contribution in [0.4, 0.5) is 5.69 Å². The maximum absolute atomic E-state index is 12.3. The number of phenolic OH excluding ortho intramolecular Hbond substituents is 1. The number of hydrogen-bond acceptors (Lipinski definition) is 3. The molecule has 0 saturated carbocycles. The number of nitrogens with zero attached hydrogens (tertiary/aromatic N) is 1. The zero-order valence-corrected chi connectivity index (χ0v) is 11.8. The highest BCUT2D eigenvalue weighted by Gasteiger charge is 2.21. The van der Waals surface area contributed by atoms with E-state index < -0.39 is 18.4 Å². The number of nitrogens with one attached hydrogen (secondary N) is 1. The first-order valence-corrected chi connectivity index (χ1v) is 6.43. The van der Waals surface area contributed by atoms with Crippen LogP contribution < -0.4 is 4.90 Å². The molecule has 0 aliphatic rings. The lowest BCUT2D eigenvalue weighted by molar-refractivity contribution is -0.135. The first-order valence-electron chi connectivity index (χ1n) is 5.64. The van der Waals surface area contributed by atoms with Crippen LogP contribution in [0.2, 0.25) is 0 Å². The van der Waals surface area contributed by atoms with Gasteiger partial charge in [0.05, 0.1) is 0 Å². The van der Waals surface area contributed by atoms with E-state index in [2.05, 4.69) is 20.9 Å². The van der Waals surface area contributed by atoms with Crippen LogP contribution in [-0.2, 0) is 4.79 Å². The molecule has 0 aliphatic carbocycles. The summed E-state index contributed by atoms with van der Waals surface area (Å²) in [5.74, 6) is -1.56. The molecule has 0 atom stereocenters. The lowest BCUT2D eigenvalue weighted by Crippen LogP contribution is -2.35. The summed E-state index contributed by atoms with van der Waals surface area (Å²) >= 11 is 3.21. The molecule has 2 rings (SSSR count). The van der Waals surface area contributed by atoms with Gasteiger partial charge >= 0.3 is 5.97 Å². The van der Waals surface area contributed by atoms with Crippen molar-refractivity contribution in [3.8, 4) is 5.75 Å². The molecular weight excluding hydrogens is 328 g/mol. The topological polar surface area (TPSA) is 93.6 Å². The second kappa shape index (κ2) is 5.79. The number of anilines is 1. The highest BCUT2D eigenvalue weighted by Crippen LogP contribution is 2.21. The van der Waals surface area contributed by atoms with E-state index in [1.165, 1.54) is 24.3 Å². The van der Waals surface area contributed by atoms with Gasteiger partial charge < -0.3 is 15.2 Å². The number of carboxylic acid groups (broad SMARTS) is 1. The number of halogens is 1. The van der Waals surface area contributed by atoms with Crippen LogP contribution in [-0.4, -0.2) is 33.6 Å². The van der Waals surface area contributed by atoms with Crippen molar-refractivity contribution in [3.63, 3.8) is 0 Å². The van der Waals surface area contributed by atoms with Crippen LogP contribution in [0.15, 0.2) is 41.0 Å². The number of phenols is 1. The number of aromatic hydroxyl groups is 1. The zero-order chi connectivity index (χ0) is 14.7. The normalized spacial score (nSPS) is 10.2. The molecular formula is C13H11BrN2O4. The maximum Gasteiger partial charge on any atom is 0.323 e. The summed E-state index contributed by atoms with van der Waals surface area (Å²) in [6.07, 6.45) is 1.59. The Hall–Kier alpha value is -2.28. The standard InChI is InChI=1S/C13H11BrN2O4/c14-8-5-11(15-6-8)13(20)16(7-12(18)19)9-1-3-10(17)4-2-9/h1-6,15,17H,7H2,(H,18,19). The molecule has 1 amide bonds. The quantitative estimate of drug-likeness (QED) is 0.796. The minimum absolute atomic E-state index is 0.0408. The Balaban J connectivity index is 2.34. The number of H-pyrrole nitrogens is 1. The summed E-state index contributed by atoms with van der Waals surface area (Å²) in [4.78, 5) is 27.1. The molecule has 0 aliphatic heterocycles. The maximum atomic E-state index is 12.3. The van der Waals surface area contributed by atoms with Gasteiger partial charge in [-0.3, -0.25) is 14.5 Å². The van der Waals surface area contributed by atoms with Crippen molar-refractivity contribution in [2.75, 3.05) is 11.4 Å². The van der Waals surface area contributed by atoms with Crippen LogP contribution in [0.25, 0.3) is 0 Å². The lowest BCUT2D eigenvalue weighted by Gasteiger charge is -2.20. The van der Waals surface area contributed by atoms with Crippen molar-refractivity contribution in [2.45, 2.75) is 0 Å². The molecule has 0 spiro atoms. The molecule has 0 unspecified atom stereocenters. The summed E-state index contributed by atoms with van der Waals surface area (Å²) < 4.78 is 0.696. The third kappa shape index (κ3) is 3.18. The SMILES string of the molecule is O=C(O)CN(C(=O)c1cc(Br)c[nH]1)c1ccc(O)cc1. The highest BCUT2D eigenvalue weighted by atomic mass is 79.9.